The largest absolute Gasteiger partial charge is 0.396 e. The Morgan fingerprint density at radius 1 is 0.553 bits per heavy atom. The Hall–Kier alpha value is -1.82. The van der Waals surface area contributed by atoms with Gasteiger partial charge in [0.05, 0.1) is 6.10 Å². The van der Waals surface area contributed by atoms with Crippen molar-refractivity contribution in [2.75, 3.05) is 6.61 Å². The first-order chi connectivity index (χ1) is 23.1. The number of aliphatic hydroxyl groups excluding tert-OH is 1. The predicted octanol–water partition coefficient (Wildman–Crippen LogP) is 11.6. The number of hydrogen-bond acceptors (Lipinski definition) is 5. The van der Waals surface area contributed by atoms with E-state index in [9.17, 15) is 14.7 Å². The van der Waals surface area contributed by atoms with Gasteiger partial charge >= 0.3 is 0 Å². The number of aliphatic hydroxyl groups is 1. The zero-order valence-electron chi connectivity index (χ0n) is 30.5. The summed E-state index contributed by atoms with van der Waals surface area (Å²) >= 11 is 0. The Bertz CT molecular complexity index is 791. The van der Waals surface area contributed by atoms with Crippen LogP contribution in [0.15, 0.2) is 48.6 Å². The van der Waals surface area contributed by atoms with Gasteiger partial charge < -0.3 is 14.6 Å². The molecule has 1 N–H and O–H groups in total. The first-order valence-electron chi connectivity index (χ1n) is 19.7. The molecule has 0 saturated carbocycles. The van der Waals surface area contributed by atoms with Crippen LogP contribution in [0.2, 0.25) is 0 Å². The van der Waals surface area contributed by atoms with E-state index in [0.29, 0.717) is 25.7 Å². The molecule has 5 heteroatoms. The highest BCUT2D eigenvalue weighted by Crippen LogP contribution is 2.25. The Morgan fingerprint density at radius 2 is 0.979 bits per heavy atom. The molecule has 1 aliphatic rings. The number of carbonyl (C=O) groups excluding carboxylic acids is 2. The maximum atomic E-state index is 13.0. The van der Waals surface area contributed by atoms with Gasteiger partial charge in [-0.2, -0.15) is 0 Å². The molecule has 1 fully saturated rings. The van der Waals surface area contributed by atoms with E-state index in [2.05, 4.69) is 62.5 Å². The molecule has 1 aliphatic heterocycles. The highest BCUT2D eigenvalue weighted by molar-refractivity contribution is 5.85. The molecule has 270 valence electrons. The molecule has 3 unspecified atom stereocenters. The van der Waals surface area contributed by atoms with Gasteiger partial charge in [0.25, 0.3) is 0 Å². The molecule has 3 atom stereocenters. The number of allylic oxidation sites excluding steroid dienone is 8. The van der Waals surface area contributed by atoms with Crippen LogP contribution in [0, 0.1) is 0 Å². The smallest absolute Gasteiger partial charge is 0.218 e. The Labute approximate surface area is 289 Å². The van der Waals surface area contributed by atoms with Crippen LogP contribution < -0.4 is 0 Å². The third-order valence-electron chi connectivity index (χ3n) is 8.90. The molecule has 0 bridgehead atoms. The average Bonchev–Trinajstić information content (AvgIpc) is 3.08. The summed E-state index contributed by atoms with van der Waals surface area (Å²) in [5.74, 6) is -0.00932. The van der Waals surface area contributed by atoms with Crippen LogP contribution in [-0.2, 0) is 19.1 Å². The molecule has 1 heterocycles. The molecule has 47 heavy (non-hydrogen) atoms. The maximum Gasteiger partial charge on any atom is 0.218 e. The number of carbonyl (C=O) groups is 2. The highest BCUT2D eigenvalue weighted by Gasteiger charge is 2.36. The first-order valence-corrected chi connectivity index (χ1v) is 19.7. The van der Waals surface area contributed by atoms with Crippen LogP contribution in [0.5, 0.6) is 0 Å². The van der Waals surface area contributed by atoms with Crippen molar-refractivity contribution in [1.82, 2.24) is 0 Å². The van der Waals surface area contributed by atoms with Crippen LogP contribution in [0.3, 0.4) is 0 Å². The number of rotatable bonds is 32. The Morgan fingerprint density at radius 3 is 1.45 bits per heavy atom. The van der Waals surface area contributed by atoms with Crippen molar-refractivity contribution in [3.05, 3.63) is 48.6 Å². The van der Waals surface area contributed by atoms with E-state index in [1.54, 1.807) is 0 Å². The quantitative estimate of drug-likeness (QED) is 0.0576. The fraction of sp³-hybridized carbons (Fsp3) is 0.762. The topological polar surface area (TPSA) is 72.8 Å². The molecular weight excluding hydrogens is 584 g/mol. The molecule has 0 aromatic heterocycles. The van der Waals surface area contributed by atoms with E-state index in [1.807, 2.05) is 0 Å². The minimum Gasteiger partial charge on any atom is -0.396 e. The molecule has 1 saturated heterocycles. The van der Waals surface area contributed by atoms with Crippen LogP contribution in [0.25, 0.3) is 0 Å². The van der Waals surface area contributed by atoms with Crippen molar-refractivity contribution in [3.8, 4) is 0 Å². The fourth-order valence-electron chi connectivity index (χ4n) is 5.90. The van der Waals surface area contributed by atoms with Crippen molar-refractivity contribution >= 4 is 11.6 Å². The van der Waals surface area contributed by atoms with E-state index in [4.69, 9.17) is 9.47 Å². The van der Waals surface area contributed by atoms with Crippen LogP contribution >= 0.6 is 0 Å². The third kappa shape index (κ3) is 25.8. The predicted molar refractivity (Wildman–Crippen MR) is 199 cm³/mol. The zero-order chi connectivity index (χ0) is 34.0. The Balaban J connectivity index is 2.17. The molecule has 0 aromatic carbocycles. The number of ketones is 2. The lowest BCUT2D eigenvalue weighted by molar-refractivity contribution is -0.234. The summed E-state index contributed by atoms with van der Waals surface area (Å²) in [5, 5.41) is 9.47. The van der Waals surface area contributed by atoms with Crippen LogP contribution in [0.1, 0.15) is 181 Å². The average molecular weight is 657 g/mol. The molecular formula is C42H72O5. The monoisotopic (exact) mass is 657 g/mol. The zero-order valence-corrected chi connectivity index (χ0v) is 30.5. The van der Waals surface area contributed by atoms with E-state index >= 15 is 0 Å². The van der Waals surface area contributed by atoms with Gasteiger partial charge in [-0.25, -0.2) is 0 Å². The fourth-order valence-corrected chi connectivity index (χ4v) is 5.90. The summed E-state index contributed by atoms with van der Waals surface area (Å²) in [4.78, 5) is 25.9. The highest BCUT2D eigenvalue weighted by atomic mass is 16.7. The molecule has 0 amide bonds. The van der Waals surface area contributed by atoms with Crippen molar-refractivity contribution < 1.29 is 24.2 Å². The van der Waals surface area contributed by atoms with Crippen molar-refractivity contribution in [2.24, 2.45) is 0 Å². The molecule has 5 nitrogen and oxygen atoms in total. The van der Waals surface area contributed by atoms with Gasteiger partial charge in [-0.1, -0.05) is 127 Å². The lowest BCUT2D eigenvalue weighted by Gasteiger charge is -2.34. The van der Waals surface area contributed by atoms with Gasteiger partial charge in [-0.3, -0.25) is 9.59 Å². The van der Waals surface area contributed by atoms with Gasteiger partial charge in [0.15, 0.2) is 11.6 Å². The number of unbranched alkanes of at least 4 members (excludes halogenated alkanes) is 16. The standard InChI is InChI=1S/C42H72O5/c1-3-5-7-9-11-13-15-17-19-21-23-25-27-29-31-33-39(44)41-37-38(35-36-43)46-42(47-41)40(45)34-32-30-28-26-24-22-20-18-16-14-12-10-8-6-4-2/h11-14,17-20,38,41-43H,3-10,15-16,21-37H2,1-2H3/b13-11-,14-12-,19-17-,20-18-. The van der Waals surface area contributed by atoms with E-state index < -0.39 is 12.4 Å². The van der Waals surface area contributed by atoms with Crippen LogP contribution in [0.4, 0.5) is 0 Å². The maximum absolute atomic E-state index is 13.0. The second kappa shape index (κ2) is 32.7. The van der Waals surface area contributed by atoms with Gasteiger partial charge in [0.1, 0.15) is 6.10 Å². The van der Waals surface area contributed by atoms with Crippen molar-refractivity contribution in [1.29, 1.82) is 0 Å². The molecule has 1 rings (SSSR count). The molecule has 0 spiro atoms. The number of ether oxygens (including phenoxy) is 2. The summed E-state index contributed by atoms with van der Waals surface area (Å²) in [6.07, 6.45) is 43.3. The SMILES string of the molecule is CCCCC/C=C\C/C=C\CCCCCCCC(=O)C1CC(CCO)OC(C(=O)CCCCCCC/C=C\C/C=C\CCCCC)O1. The van der Waals surface area contributed by atoms with Gasteiger partial charge in [-0.15, -0.1) is 0 Å². The second-order valence-electron chi connectivity index (χ2n) is 13.4. The Kier molecular flexibility index (Phi) is 30.1. The van der Waals surface area contributed by atoms with E-state index in [0.717, 1.165) is 64.2 Å². The van der Waals surface area contributed by atoms with Crippen molar-refractivity contribution in [3.63, 3.8) is 0 Å². The van der Waals surface area contributed by atoms with Gasteiger partial charge in [-0.05, 0) is 83.5 Å². The summed E-state index contributed by atoms with van der Waals surface area (Å²) in [6, 6.07) is 0. The molecule has 0 aliphatic carbocycles. The minimum absolute atomic E-state index is 0.0254. The van der Waals surface area contributed by atoms with Gasteiger partial charge in [0, 0.05) is 25.9 Å². The van der Waals surface area contributed by atoms with Crippen LogP contribution in [-0.4, -0.2) is 41.8 Å². The number of hydrogen-bond donors (Lipinski definition) is 1. The minimum atomic E-state index is -0.982. The lowest BCUT2D eigenvalue weighted by atomic mass is 9.99. The normalized spacial score (nSPS) is 18.8. The second-order valence-corrected chi connectivity index (χ2v) is 13.4. The summed E-state index contributed by atoms with van der Waals surface area (Å²) < 4.78 is 11.8. The first kappa shape index (κ1) is 43.2. The molecule has 0 radical (unpaired) electrons. The van der Waals surface area contributed by atoms with Crippen molar-refractivity contribution in [2.45, 2.75) is 199 Å². The van der Waals surface area contributed by atoms with E-state index in [1.165, 1.54) is 77.0 Å². The third-order valence-corrected chi connectivity index (χ3v) is 8.90. The number of Topliss-reactive ketones (excluding diaryl/α,β-unsaturated/α-hetero) is 2. The summed E-state index contributed by atoms with van der Waals surface area (Å²) in [6.45, 7) is 4.45. The summed E-state index contributed by atoms with van der Waals surface area (Å²) in [5.41, 5.74) is 0. The molecule has 0 aromatic rings. The van der Waals surface area contributed by atoms with E-state index in [-0.39, 0.29) is 24.3 Å². The lowest BCUT2D eigenvalue weighted by Crippen LogP contribution is -2.45. The summed E-state index contributed by atoms with van der Waals surface area (Å²) in [7, 11) is 0. The van der Waals surface area contributed by atoms with Gasteiger partial charge in [0.2, 0.25) is 6.29 Å².